The van der Waals surface area contributed by atoms with E-state index in [-0.39, 0.29) is 6.61 Å². The smallest absolute Gasteiger partial charge is 0.200 e. The molecule has 25 heavy (non-hydrogen) atoms. The van der Waals surface area contributed by atoms with E-state index in [1.54, 1.807) is 13.3 Å². The molecule has 0 fully saturated rings. The Morgan fingerprint density at radius 2 is 2.00 bits per heavy atom. The number of H-pyrrole nitrogens is 1. The molecule has 6 heteroatoms. The molecular formula is C19H16N4O2. The van der Waals surface area contributed by atoms with Crippen LogP contribution in [-0.4, -0.2) is 32.4 Å². The van der Waals surface area contributed by atoms with Gasteiger partial charge < -0.3 is 9.84 Å². The van der Waals surface area contributed by atoms with Gasteiger partial charge in [0.05, 0.1) is 31.3 Å². The van der Waals surface area contributed by atoms with Gasteiger partial charge in [-0.05, 0) is 23.8 Å². The summed E-state index contributed by atoms with van der Waals surface area (Å²) in [7, 11) is 1.63. The van der Waals surface area contributed by atoms with Gasteiger partial charge in [-0.3, -0.25) is 5.10 Å². The maximum atomic E-state index is 9.33. The highest BCUT2D eigenvalue weighted by Crippen LogP contribution is 2.32. The van der Waals surface area contributed by atoms with Crippen molar-refractivity contribution in [3.05, 3.63) is 60.3 Å². The first-order chi connectivity index (χ1) is 12.3. The van der Waals surface area contributed by atoms with Crippen LogP contribution in [0.3, 0.4) is 0 Å². The average Bonchev–Trinajstić information content (AvgIpc) is 3.11. The molecule has 4 rings (SSSR count). The lowest BCUT2D eigenvalue weighted by atomic mass is 10.1. The zero-order valence-electron chi connectivity index (χ0n) is 13.6. The van der Waals surface area contributed by atoms with Gasteiger partial charge in [0.25, 0.3) is 0 Å². The van der Waals surface area contributed by atoms with E-state index in [9.17, 15) is 5.11 Å². The highest BCUT2D eigenvalue weighted by Gasteiger charge is 2.15. The number of aromatic amines is 1. The van der Waals surface area contributed by atoms with E-state index in [4.69, 9.17) is 9.72 Å². The minimum atomic E-state index is -0.0122. The van der Waals surface area contributed by atoms with Crippen LogP contribution in [-0.2, 0) is 6.61 Å². The molecule has 2 aromatic heterocycles. The number of benzene rings is 2. The SMILES string of the molecule is COc1ccccc1-c1[nH]nc2ncc(-c3cccc(CO)c3)nc12. The van der Waals surface area contributed by atoms with Gasteiger partial charge in [0.2, 0.25) is 0 Å². The van der Waals surface area contributed by atoms with Crippen LogP contribution in [0.2, 0.25) is 0 Å². The monoisotopic (exact) mass is 332 g/mol. The molecule has 0 bridgehead atoms. The summed E-state index contributed by atoms with van der Waals surface area (Å²) in [6, 6.07) is 15.3. The van der Waals surface area contributed by atoms with Gasteiger partial charge in [-0.25, -0.2) is 9.97 Å². The van der Waals surface area contributed by atoms with Crippen molar-refractivity contribution in [3.8, 4) is 28.3 Å². The zero-order valence-corrected chi connectivity index (χ0v) is 13.6. The van der Waals surface area contributed by atoms with Gasteiger partial charge >= 0.3 is 0 Å². The fraction of sp³-hybridized carbons (Fsp3) is 0.105. The molecular weight excluding hydrogens is 316 g/mol. The minimum Gasteiger partial charge on any atom is -0.496 e. The zero-order chi connectivity index (χ0) is 17.2. The molecule has 0 radical (unpaired) electrons. The molecule has 6 nitrogen and oxygen atoms in total. The van der Waals surface area contributed by atoms with Crippen molar-refractivity contribution in [2.45, 2.75) is 6.61 Å². The summed E-state index contributed by atoms with van der Waals surface area (Å²) in [5.74, 6) is 0.738. The fourth-order valence-electron chi connectivity index (χ4n) is 2.80. The van der Waals surface area contributed by atoms with Crippen molar-refractivity contribution in [3.63, 3.8) is 0 Å². The molecule has 2 aromatic carbocycles. The lowest BCUT2D eigenvalue weighted by Crippen LogP contribution is -1.91. The summed E-state index contributed by atoms with van der Waals surface area (Å²) in [4.78, 5) is 9.15. The van der Waals surface area contributed by atoms with E-state index in [0.29, 0.717) is 11.2 Å². The topological polar surface area (TPSA) is 83.9 Å². The summed E-state index contributed by atoms with van der Waals surface area (Å²) in [5.41, 5.74) is 5.31. The number of nitrogens with one attached hydrogen (secondary N) is 1. The predicted molar refractivity (Wildman–Crippen MR) is 95.0 cm³/mol. The Morgan fingerprint density at radius 3 is 2.84 bits per heavy atom. The number of nitrogens with zero attached hydrogens (tertiary/aromatic N) is 3. The molecule has 124 valence electrons. The van der Waals surface area contributed by atoms with Gasteiger partial charge in [-0.15, -0.1) is 0 Å². The number of aromatic nitrogens is 4. The molecule has 0 aliphatic heterocycles. The van der Waals surface area contributed by atoms with Crippen LogP contribution in [0.25, 0.3) is 33.7 Å². The van der Waals surface area contributed by atoms with Crippen molar-refractivity contribution in [1.29, 1.82) is 0 Å². The van der Waals surface area contributed by atoms with Crippen molar-refractivity contribution in [2.75, 3.05) is 7.11 Å². The van der Waals surface area contributed by atoms with Crippen molar-refractivity contribution < 1.29 is 9.84 Å². The number of para-hydroxylation sites is 1. The lowest BCUT2D eigenvalue weighted by Gasteiger charge is -2.07. The third-order valence-corrected chi connectivity index (χ3v) is 4.05. The molecule has 0 amide bonds. The Bertz CT molecular complexity index is 1040. The standard InChI is InChI=1S/C19H16N4O2/c1-25-16-8-3-2-7-14(16)17-18-19(23-22-17)20-10-15(21-18)13-6-4-5-12(9-13)11-24/h2-10,24H,11H2,1H3,(H,20,22,23). The third-order valence-electron chi connectivity index (χ3n) is 4.05. The first kappa shape index (κ1) is 15.3. The normalized spacial score (nSPS) is 11.0. The lowest BCUT2D eigenvalue weighted by molar-refractivity contribution is 0.282. The van der Waals surface area contributed by atoms with E-state index >= 15 is 0 Å². The van der Waals surface area contributed by atoms with Gasteiger partial charge in [0.15, 0.2) is 5.65 Å². The van der Waals surface area contributed by atoms with Gasteiger partial charge in [0.1, 0.15) is 11.3 Å². The van der Waals surface area contributed by atoms with Crippen LogP contribution >= 0.6 is 0 Å². The Balaban J connectivity index is 1.88. The number of rotatable bonds is 4. The predicted octanol–water partition coefficient (Wildman–Crippen LogP) is 3.19. The molecule has 0 saturated heterocycles. The van der Waals surface area contributed by atoms with Crippen molar-refractivity contribution in [1.82, 2.24) is 20.2 Å². The third kappa shape index (κ3) is 2.72. The molecule has 0 aliphatic carbocycles. The summed E-state index contributed by atoms with van der Waals surface area (Å²) < 4.78 is 5.44. The number of hydrogen-bond acceptors (Lipinski definition) is 5. The molecule has 0 unspecified atom stereocenters. The van der Waals surface area contributed by atoms with Crippen LogP contribution in [0, 0.1) is 0 Å². The highest BCUT2D eigenvalue weighted by molar-refractivity contribution is 5.90. The van der Waals surface area contributed by atoms with E-state index in [2.05, 4.69) is 15.2 Å². The van der Waals surface area contributed by atoms with E-state index in [1.807, 2.05) is 48.5 Å². The molecule has 0 spiro atoms. The number of methoxy groups -OCH3 is 1. The van der Waals surface area contributed by atoms with Crippen LogP contribution in [0.4, 0.5) is 0 Å². The van der Waals surface area contributed by atoms with E-state index in [0.717, 1.165) is 33.8 Å². The van der Waals surface area contributed by atoms with Crippen LogP contribution in [0.1, 0.15) is 5.56 Å². The quantitative estimate of drug-likeness (QED) is 0.599. The van der Waals surface area contributed by atoms with Crippen LogP contribution < -0.4 is 4.74 Å². The average molecular weight is 332 g/mol. The summed E-state index contributed by atoms with van der Waals surface area (Å²) in [5, 5.41) is 16.6. The van der Waals surface area contributed by atoms with Crippen LogP contribution in [0.15, 0.2) is 54.7 Å². The van der Waals surface area contributed by atoms with Crippen LogP contribution in [0.5, 0.6) is 5.75 Å². The maximum absolute atomic E-state index is 9.33. The molecule has 0 atom stereocenters. The second-order valence-corrected chi connectivity index (χ2v) is 5.58. The Labute approximate surface area is 144 Å². The van der Waals surface area contributed by atoms with E-state index in [1.165, 1.54) is 0 Å². The Kier molecular flexibility index (Phi) is 3.87. The highest BCUT2D eigenvalue weighted by atomic mass is 16.5. The summed E-state index contributed by atoms with van der Waals surface area (Å²) in [6.45, 7) is -0.0122. The molecule has 0 saturated carbocycles. The largest absolute Gasteiger partial charge is 0.496 e. The maximum Gasteiger partial charge on any atom is 0.200 e. The first-order valence-corrected chi connectivity index (χ1v) is 7.85. The number of fused-ring (bicyclic) bond motifs is 1. The Hall–Kier alpha value is -3.25. The first-order valence-electron chi connectivity index (χ1n) is 7.85. The summed E-state index contributed by atoms with van der Waals surface area (Å²) in [6.07, 6.45) is 1.69. The van der Waals surface area contributed by atoms with Crippen molar-refractivity contribution in [2.24, 2.45) is 0 Å². The Morgan fingerprint density at radius 1 is 1.12 bits per heavy atom. The minimum absolute atomic E-state index is 0.0122. The second-order valence-electron chi connectivity index (χ2n) is 5.58. The fourth-order valence-corrected chi connectivity index (χ4v) is 2.80. The van der Waals surface area contributed by atoms with E-state index < -0.39 is 0 Å². The molecule has 4 aromatic rings. The number of hydrogen-bond donors (Lipinski definition) is 2. The number of ether oxygens (including phenoxy) is 1. The molecule has 2 N–H and O–H groups in total. The molecule has 2 heterocycles. The number of aliphatic hydroxyl groups is 1. The van der Waals surface area contributed by atoms with Gasteiger partial charge in [-0.1, -0.05) is 30.3 Å². The number of aliphatic hydroxyl groups excluding tert-OH is 1. The van der Waals surface area contributed by atoms with Crippen molar-refractivity contribution >= 4 is 11.2 Å². The van der Waals surface area contributed by atoms with Gasteiger partial charge in [-0.2, -0.15) is 5.10 Å². The molecule has 0 aliphatic rings. The van der Waals surface area contributed by atoms with Gasteiger partial charge in [0, 0.05) is 11.1 Å². The summed E-state index contributed by atoms with van der Waals surface area (Å²) >= 11 is 0. The second kappa shape index (κ2) is 6.33.